The monoisotopic (exact) mass is 389 g/mol. The summed E-state index contributed by atoms with van der Waals surface area (Å²) in [6.07, 6.45) is 1.38. The van der Waals surface area contributed by atoms with Crippen LogP contribution in [0.5, 0.6) is 11.6 Å². The van der Waals surface area contributed by atoms with Gasteiger partial charge < -0.3 is 9.84 Å². The number of halogens is 3. The lowest BCUT2D eigenvalue weighted by atomic mass is 10.2. The Kier molecular flexibility index (Phi) is 4.16. The lowest BCUT2D eigenvalue weighted by molar-refractivity contribution is 0.0696. The molecule has 1 N–H and O–H groups in total. The number of rotatable bonds is 3. The number of pyridine rings is 1. The molecule has 2 rings (SSSR count). The molecular formula is C12H6Br2FNO3. The van der Waals surface area contributed by atoms with Crippen LogP contribution in [0.25, 0.3) is 0 Å². The zero-order chi connectivity index (χ0) is 14.0. The fraction of sp³-hybridized carbons (Fsp3) is 0. The quantitative estimate of drug-likeness (QED) is 0.851. The molecule has 2 aromatic rings. The normalized spacial score (nSPS) is 10.3. The first-order valence-electron chi connectivity index (χ1n) is 4.99. The molecule has 0 saturated carbocycles. The van der Waals surface area contributed by atoms with Gasteiger partial charge in [0, 0.05) is 10.7 Å². The van der Waals surface area contributed by atoms with Crippen molar-refractivity contribution in [3.63, 3.8) is 0 Å². The lowest BCUT2D eigenvalue weighted by Gasteiger charge is -2.08. The number of aromatic carboxylic acids is 1. The Morgan fingerprint density at radius 1 is 1.32 bits per heavy atom. The minimum Gasteiger partial charge on any atom is -0.478 e. The Bertz CT molecular complexity index is 649. The summed E-state index contributed by atoms with van der Waals surface area (Å²) in [7, 11) is 0. The molecule has 7 heteroatoms. The maximum atomic E-state index is 13.6. The number of carboxylic acid groups (broad SMARTS) is 1. The van der Waals surface area contributed by atoms with E-state index in [1.807, 2.05) is 0 Å². The second-order valence-electron chi connectivity index (χ2n) is 3.49. The summed E-state index contributed by atoms with van der Waals surface area (Å²) in [4.78, 5) is 14.6. The number of hydrogen-bond donors (Lipinski definition) is 1. The second-order valence-corrected chi connectivity index (χ2v) is 5.26. The minimum absolute atomic E-state index is 0.0377. The van der Waals surface area contributed by atoms with Gasteiger partial charge in [-0.05, 0) is 56.1 Å². The average Bonchev–Trinajstić information content (AvgIpc) is 2.34. The Morgan fingerprint density at radius 2 is 2.05 bits per heavy atom. The third kappa shape index (κ3) is 3.30. The average molecular weight is 391 g/mol. The maximum absolute atomic E-state index is 13.6. The van der Waals surface area contributed by atoms with Crippen molar-refractivity contribution in [2.75, 3.05) is 0 Å². The molecule has 98 valence electrons. The van der Waals surface area contributed by atoms with Gasteiger partial charge in [0.25, 0.3) is 5.88 Å². The molecule has 1 heterocycles. The smallest absolute Gasteiger partial charge is 0.335 e. The molecule has 0 saturated heterocycles. The number of ether oxygens (including phenoxy) is 1. The summed E-state index contributed by atoms with van der Waals surface area (Å²) in [5.41, 5.74) is 0.0377. The van der Waals surface area contributed by atoms with Crippen LogP contribution in [-0.4, -0.2) is 16.1 Å². The molecule has 0 unspecified atom stereocenters. The van der Waals surface area contributed by atoms with Crippen LogP contribution in [0.15, 0.2) is 39.4 Å². The van der Waals surface area contributed by atoms with Crippen molar-refractivity contribution in [3.05, 3.63) is 50.8 Å². The van der Waals surface area contributed by atoms with E-state index in [2.05, 4.69) is 36.8 Å². The van der Waals surface area contributed by atoms with Crippen LogP contribution in [-0.2, 0) is 0 Å². The maximum Gasteiger partial charge on any atom is 0.335 e. The molecule has 0 amide bonds. The van der Waals surface area contributed by atoms with E-state index in [-0.39, 0.29) is 17.2 Å². The predicted molar refractivity (Wildman–Crippen MR) is 73.1 cm³/mol. The summed E-state index contributed by atoms with van der Waals surface area (Å²) in [6.45, 7) is 0. The highest BCUT2D eigenvalue weighted by molar-refractivity contribution is 9.10. The molecule has 1 aromatic heterocycles. The van der Waals surface area contributed by atoms with E-state index in [1.165, 1.54) is 30.5 Å². The molecule has 0 aliphatic carbocycles. The van der Waals surface area contributed by atoms with Gasteiger partial charge in [0.2, 0.25) is 0 Å². The standard InChI is InChI=1S/C12H6Br2FNO3/c13-7-4-9(15)11(16-5-7)19-10-3-6(12(17)18)1-2-8(10)14/h1-5H,(H,17,18). The van der Waals surface area contributed by atoms with E-state index in [1.54, 1.807) is 0 Å². The minimum atomic E-state index is -1.10. The van der Waals surface area contributed by atoms with Crippen LogP contribution in [0.3, 0.4) is 0 Å². The number of aromatic nitrogens is 1. The summed E-state index contributed by atoms with van der Waals surface area (Å²) in [5, 5.41) is 8.89. The Labute approximate surface area is 124 Å². The third-order valence-corrected chi connectivity index (χ3v) is 3.25. The van der Waals surface area contributed by atoms with Gasteiger partial charge >= 0.3 is 5.97 Å². The SMILES string of the molecule is O=C(O)c1ccc(Br)c(Oc2ncc(Br)cc2F)c1. The van der Waals surface area contributed by atoms with Crippen LogP contribution in [0, 0.1) is 5.82 Å². The highest BCUT2D eigenvalue weighted by Gasteiger charge is 2.12. The fourth-order valence-electron chi connectivity index (χ4n) is 1.30. The Morgan fingerprint density at radius 3 is 2.68 bits per heavy atom. The summed E-state index contributed by atoms with van der Waals surface area (Å²) >= 11 is 6.28. The van der Waals surface area contributed by atoms with Crippen LogP contribution < -0.4 is 4.74 Å². The highest BCUT2D eigenvalue weighted by atomic mass is 79.9. The van der Waals surface area contributed by atoms with Crippen LogP contribution in [0.1, 0.15) is 10.4 Å². The van der Waals surface area contributed by atoms with Gasteiger partial charge in [-0.15, -0.1) is 0 Å². The molecule has 19 heavy (non-hydrogen) atoms. The zero-order valence-electron chi connectivity index (χ0n) is 9.23. The first-order valence-corrected chi connectivity index (χ1v) is 6.57. The van der Waals surface area contributed by atoms with Gasteiger partial charge in [-0.25, -0.2) is 14.2 Å². The Balaban J connectivity index is 2.37. The van der Waals surface area contributed by atoms with Gasteiger partial charge in [0.05, 0.1) is 10.0 Å². The third-order valence-electron chi connectivity index (χ3n) is 2.16. The number of carbonyl (C=O) groups is 1. The fourth-order valence-corrected chi connectivity index (χ4v) is 1.93. The van der Waals surface area contributed by atoms with Gasteiger partial charge in [-0.2, -0.15) is 0 Å². The topological polar surface area (TPSA) is 59.4 Å². The molecule has 0 aliphatic rings. The second kappa shape index (κ2) is 5.66. The summed E-state index contributed by atoms with van der Waals surface area (Å²) in [6, 6.07) is 5.41. The van der Waals surface area contributed by atoms with Gasteiger partial charge in [-0.1, -0.05) is 0 Å². The molecule has 0 fully saturated rings. The molecule has 0 radical (unpaired) electrons. The van der Waals surface area contributed by atoms with E-state index in [0.29, 0.717) is 8.95 Å². The highest BCUT2D eigenvalue weighted by Crippen LogP contribution is 2.31. The number of hydrogen-bond acceptors (Lipinski definition) is 3. The van der Waals surface area contributed by atoms with Crippen molar-refractivity contribution in [1.29, 1.82) is 0 Å². The first kappa shape index (κ1) is 14.0. The van der Waals surface area contributed by atoms with Crippen molar-refractivity contribution in [2.45, 2.75) is 0 Å². The number of carboxylic acids is 1. The summed E-state index contributed by atoms with van der Waals surface area (Å²) < 4.78 is 19.8. The van der Waals surface area contributed by atoms with E-state index in [9.17, 15) is 9.18 Å². The first-order chi connectivity index (χ1) is 8.97. The van der Waals surface area contributed by atoms with Crippen molar-refractivity contribution in [1.82, 2.24) is 4.98 Å². The lowest BCUT2D eigenvalue weighted by Crippen LogP contribution is -1.98. The molecule has 0 spiro atoms. The molecule has 1 aromatic carbocycles. The van der Waals surface area contributed by atoms with Crippen molar-refractivity contribution < 1.29 is 19.0 Å². The molecule has 0 bridgehead atoms. The molecule has 4 nitrogen and oxygen atoms in total. The van der Waals surface area contributed by atoms with Crippen LogP contribution >= 0.6 is 31.9 Å². The van der Waals surface area contributed by atoms with E-state index in [4.69, 9.17) is 9.84 Å². The molecule has 0 atom stereocenters. The largest absolute Gasteiger partial charge is 0.478 e. The number of nitrogens with zero attached hydrogens (tertiary/aromatic N) is 1. The van der Waals surface area contributed by atoms with Gasteiger partial charge in [0.1, 0.15) is 5.75 Å². The predicted octanol–water partition coefficient (Wildman–Crippen LogP) is 4.24. The number of benzene rings is 1. The molecular weight excluding hydrogens is 385 g/mol. The van der Waals surface area contributed by atoms with E-state index >= 15 is 0 Å². The van der Waals surface area contributed by atoms with E-state index < -0.39 is 11.8 Å². The van der Waals surface area contributed by atoms with Crippen LogP contribution in [0.4, 0.5) is 4.39 Å². The van der Waals surface area contributed by atoms with Crippen LogP contribution in [0.2, 0.25) is 0 Å². The van der Waals surface area contributed by atoms with Gasteiger partial charge in [-0.3, -0.25) is 0 Å². The van der Waals surface area contributed by atoms with Crippen molar-refractivity contribution in [2.24, 2.45) is 0 Å². The van der Waals surface area contributed by atoms with Crippen molar-refractivity contribution >= 4 is 37.8 Å². The van der Waals surface area contributed by atoms with E-state index in [0.717, 1.165) is 0 Å². The zero-order valence-corrected chi connectivity index (χ0v) is 12.4. The van der Waals surface area contributed by atoms with Crippen molar-refractivity contribution in [3.8, 4) is 11.6 Å². The summed E-state index contributed by atoms with van der Waals surface area (Å²) in [5.74, 6) is -1.80. The Hall–Kier alpha value is -1.47. The molecule has 0 aliphatic heterocycles. The van der Waals surface area contributed by atoms with Gasteiger partial charge in [0.15, 0.2) is 5.82 Å².